The zero-order valence-corrected chi connectivity index (χ0v) is 14.4. The van der Waals surface area contributed by atoms with E-state index in [-0.39, 0.29) is 24.0 Å². The summed E-state index contributed by atoms with van der Waals surface area (Å²) in [5.41, 5.74) is 1.72. The zero-order valence-electron chi connectivity index (χ0n) is 14.4. The first kappa shape index (κ1) is 17.7. The number of carbonyl (C=O) groups is 1. The maximum atomic E-state index is 11.7. The van der Waals surface area contributed by atoms with Crippen LogP contribution in [0.15, 0.2) is 48.5 Å². The average molecular weight is 353 g/mol. The van der Waals surface area contributed by atoms with Crippen LogP contribution in [0.1, 0.15) is 24.0 Å². The second-order valence-electron chi connectivity index (χ2n) is 6.13. The summed E-state index contributed by atoms with van der Waals surface area (Å²) in [5.74, 6) is 1.50. The van der Waals surface area contributed by atoms with Gasteiger partial charge < -0.3 is 9.47 Å². The number of ketones is 1. The Labute approximate surface area is 151 Å². The molecule has 134 valence electrons. The number of nitro groups is 1. The smallest absolute Gasteiger partial charge is 0.269 e. The summed E-state index contributed by atoms with van der Waals surface area (Å²) in [7, 11) is 1.55. The van der Waals surface area contributed by atoms with Crippen molar-refractivity contribution in [3.63, 3.8) is 0 Å². The van der Waals surface area contributed by atoms with Crippen molar-refractivity contribution in [2.75, 3.05) is 7.11 Å². The van der Waals surface area contributed by atoms with Gasteiger partial charge in [-0.3, -0.25) is 14.9 Å². The molecule has 0 spiro atoms. The van der Waals surface area contributed by atoms with Crippen LogP contribution in [0.4, 0.5) is 5.69 Å². The second kappa shape index (κ2) is 7.82. The maximum Gasteiger partial charge on any atom is 0.269 e. The first-order chi connectivity index (χ1) is 12.6. The highest BCUT2D eigenvalue weighted by Gasteiger charge is 2.27. The Kier molecular flexibility index (Phi) is 5.31. The lowest BCUT2D eigenvalue weighted by Gasteiger charge is -2.11. The van der Waals surface area contributed by atoms with E-state index in [4.69, 9.17) is 9.47 Å². The fourth-order valence-corrected chi connectivity index (χ4v) is 2.46. The Bertz CT molecular complexity index is 838. The number of hydrogen-bond acceptors (Lipinski definition) is 5. The van der Waals surface area contributed by atoms with E-state index in [1.165, 1.54) is 12.1 Å². The Morgan fingerprint density at radius 1 is 1.19 bits per heavy atom. The number of hydrogen-bond donors (Lipinski definition) is 0. The van der Waals surface area contributed by atoms with Crippen LogP contribution in [-0.2, 0) is 11.4 Å². The van der Waals surface area contributed by atoms with Crippen LogP contribution in [0.3, 0.4) is 0 Å². The molecule has 0 amide bonds. The normalized spacial score (nSPS) is 13.6. The Morgan fingerprint density at radius 2 is 1.92 bits per heavy atom. The number of nitro benzene ring substituents is 1. The van der Waals surface area contributed by atoms with Gasteiger partial charge in [0.25, 0.3) is 5.69 Å². The summed E-state index contributed by atoms with van der Waals surface area (Å²) in [5, 5.41) is 10.7. The van der Waals surface area contributed by atoms with Crippen LogP contribution in [0, 0.1) is 16.0 Å². The van der Waals surface area contributed by atoms with E-state index in [0.717, 1.165) is 24.0 Å². The molecule has 0 saturated heterocycles. The molecule has 1 aliphatic rings. The minimum absolute atomic E-state index is 0.0446. The summed E-state index contributed by atoms with van der Waals surface area (Å²) >= 11 is 0. The lowest BCUT2D eigenvalue weighted by Crippen LogP contribution is -1.98. The van der Waals surface area contributed by atoms with Gasteiger partial charge in [-0.2, -0.15) is 0 Å². The molecule has 0 atom stereocenters. The van der Waals surface area contributed by atoms with Gasteiger partial charge in [0, 0.05) is 18.1 Å². The number of methoxy groups -OCH3 is 1. The number of benzene rings is 2. The Morgan fingerprint density at radius 3 is 2.54 bits per heavy atom. The van der Waals surface area contributed by atoms with Crippen molar-refractivity contribution in [2.45, 2.75) is 19.4 Å². The summed E-state index contributed by atoms with van der Waals surface area (Å²) in [6.07, 6.45) is 5.37. The highest BCUT2D eigenvalue weighted by molar-refractivity contribution is 5.96. The highest BCUT2D eigenvalue weighted by atomic mass is 16.6. The largest absolute Gasteiger partial charge is 0.493 e. The number of non-ortho nitro benzene ring substituents is 1. The molecule has 0 bridgehead atoms. The molecule has 0 heterocycles. The van der Waals surface area contributed by atoms with E-state index in [1.807, 2.05) is 12.1 Å². The average Bonchev–Trinajstić information content (AvgIpc) is 3.50. The predicted molar refractivity (Wildman–Crippen MR) is 97.2 cm³/mol. The van der Waals surface area contributed by atoms with Gasteiger partial charge in [0.05, 0.1) is 12.0 Å². The molecular formula is C20H19NO5. The van der Waals surface area contributed by atoms with Gasteiger partial charge in [-0.25, -0.2) is 0 Å². The lowest BCUT2D eigenvalue weighted by molar-refractivity contribution is -0.384. The topological polar surface area (TPSA) is 78.7 Å². The molecule has 1 saturated carbocycles. The van der Waals surface area contributed by atoms with Gasteiger partial charge >= 0.3 is 0 Å². The molecule has 0 radical (unpaired) electrons. The molecule has 6 heteroatoms. The van der Waals surface area contributed by atoms with E-state index < -0.39 is 4.92 Å². The van der Waals surface area contributed by atoms with Crippen molar-refractivity contribution in [1.29, 1.82) is 0 Å². The zero-order chi connectivity index (χ0) is 18.5. The number of rotatable bonds is 8. The highest BCUT2D eigenvalue weighted by Crippen LogP contribution is 2.32. The maximum absolute atomic E-state index is 11.7. The van der Waals surface area contributed by atoms with Gasteiger partial charge in [0.2, 0.25) is 0 Å². The Balaban J connectivity index is 1.65. The standard InChI is InChI=1S/C20H19NO5/c1-25-20-12-14(4-10-18(22)16-6-7-16)5-11-19(20)26-13-15-2-8-17(9-3-15)21(23)24/h2-5,8-12,16H,6-7,13H2,1H3/b10-4+. The summed E-state index contributed by atoms with van der Waals surface area (Å²) in [4.78, 5) is 22.0. The molecule has 26 heavy (non-hydrogen) atoms. The van der Waals surface area contributed by atoms with Gasteiger partial charge in [-0.1, -0.05) is 12.1 Å². The fourth-order valence-electron chi connectivity index (χ4n) is 2.46. The van der Waals surface area contributed by atoms with Crippen LogP contribution in [0.5, 0.6) is 11.5 Å². The van der Waals surface area contributed by atoms with Gasteiger partial charge in [0.15, 0.2) is 17.3 Å². The predicted octanol–water partition coefficient (Wildman–Crippen LogP) is 4.17. The van der Waals surface area contributed by atoms with Crippen molar-refractivity contribution in [2.24, 2.45) is 5.92 Å². The first-order valence-electron chi connectivity index (χ1n) is 8.33. The number of ether oxygens (including phenoxy) is 2. The monoisotopic (exact) mass is 353 g/mol. The minimum Gasteiger partial charge on any atom is -0.493 e. The van der Waals surface area contributed by atoms with Gasteiger partial charge in [-0.05, 0) is 54.3 Å². The van der Waals surface area contributed by atoms with Crippen molar-refractivity contribution in [3.8, 4) is 11.5 Å². The van der Waals surface area contributed by atoms with Crippen molar-refractivity contribution in [1.82, 2.24) is 0 Å². The number of carbonyl (C=O) groups excluding carboxylic acids is 1. The van der Waals surface area contributed by atoms with Gasteiger partial charge in [-0.15, -0.1) is 0 Å². The van der Waals surface area contributed by atoms with E-state index >= 15 is 0 Å². The van der Waals surface area contributed by atoms with E-state index in [1.54, 1.807) is 37.5 Å². The fraction of sp³-hybridized carbons (Fsp3) is 0.250. The van der Waals surface area contributed by atoms with Crippen molar-refractivity contribution in [3.05, 3.63) is 69.8 Å². The summed E-state index contributed by atoms with van der Waals surface area (Å²) in [6.45, 7) is 0.268. The van der Waals surface area contributed by atoms with Crippen LogP contribution >= 0.6 is 0 Å². The second-order valence-corrected chi connectivity index (χ2v) is 6.13. The molecule has 6 nitrogen and oxygen atoms in total. The molecule has 3 rings (SSSR count). The lowest BCUT2D eigenvalue weighted by atomic mass is 10.1. The van der Waals surface area contributed by atoms with Crippen LogP contribution in [0.25, 0.3) is 6.08 Å². The van der Waals surface area contributed by atoms with E-state index in [0.29, 0.717) is 11.5 Å². The molecule has 0 N–H and O–H groups in total. The SMILES string of the molecule is COc1cc(/C=C/C(=O)C2CC2)ccc1OCc1ccc([N+](=O)[O-])cc1. The van der Waals surface area contributed by atoms with Crippen LogP contribution < -0.4 is 9.47 Å². The summed E-state index contributed by atoms with van der Waals surface area (Å²) < 4.78 is 11.1. The third-order valence-electron chi connectivity index (χ3n) is 4.15. The molecule has 0 unspecified atom stereocenters. The molecule has 2 aromatic rings. The molecular weight excluding hydrogens is 334 g/mol. The van der Waals surface area contributed by atoms with Crippen molar-refractivity contribution >= 4 is 17.5 Å². The molecule has 1 aliphatic carbocycles. The minimum atomic E-state index is -0.437. The van der Waals surface area contributed by atoms with Gasteiger partial charge in [0.1, 0.15) is 6.61 Å². The first-order valence-corrected chi connectivity index (χ1v) is 8.33. The molecule has 2 aromatic carbocycles. The van der Waals surface area contributed by atoms with Crippen LogP contribution in [-0.4, -0.2) is 17.8 Å². The Hall–Kier alpha value is -3.15. The van der Waals surface area contributed by atoms with Crippen molar-refractivity contribution < 1.29 is 19.2 Å². The molecule has 0 aliphatic heterocycles. The third-order valence-corrected chi connectivity index (χ3v) is 4.15. The van der Waals surface area contributed by atoms with Crippen LogP contribution in [0.2, 0.25) is 0 Å². The molecule has 1 fully saturated rings. The third kappa shape index (κ3) is 4.47. The summed E-state index contributed by atoms with van der Waals surface area (Å²) in [6, 6.07) is 11.6. The quantitative estimate of drug-likeness (QED) is 0.404. The number of nitrogens with zero attached hydrogens (tertiary/aromatic N) is 1. The molecule has 0 aromatic heterocycles. The van der Waals surface area contributed by atoms with E-state index in [2.05, 4.69) is 0 Å². The number of allylic oxidation sites excluding steroid dienone is 1. The van der Waals surface area contributed by atoms with E-state index in [9.17, 15) is 14.9 Å².